The Balaban J connectivity index is 1.77. The Kier molecular flexibility index (Phi) is 1.76. The van der Waals surface area contributed by atoms with Crippen LogP contribution in [0.1, 0.15) is 21.5 Å². The van der Waals surface area contributed by atoms with E-state index < -0.39 is 5.72 Å². The van der Waals surface area contributed by atoms with E-state index >= 15 is 0 Å². The smallest absolute Gasteiger partial charge is 0.267 e. The van der Waals surface area contributed by atoms with Crippen molar-refractivity contribution in [3.63, 3.8) is 0 Å². The first-order valence-electron chi connectivity index (χ1n) is 5.90. The predicted molar refractivity (Wildman–Crippen MR) is 64.4 cm³/mol. The van der Waals surface area contributed by atoms with E-state index in [1.807, 2.05) is 48.5 Å². The standard InChI is InChI=1S/C15H10NO2/c17-14-12-8-4-5-9-13(12)15(16(14)18-15)10-11-6-2-1-3-7-11/h1-6,8-9H,10H2. The summed E-state index contributed by atoms with van der Waals surface area (Å²) < 4.78 is 0. The third-order valence-corrected chi connectivity index (χ3v) is 3.50. The summed E-state index contributed by atoms with van der Waals surface area (Å²) >= 11 is 0. The van der Waals surface area contributed by atoms with E-state index in [4.69, 9.17) is 4.84 Å². The van der Waals surface area contributed by atoms with Crippen molar-refractivity contribution in [3.05, 3.63) is 71.3 Å². The molecule has 2 aromatic rings. The minimum atomic E-state index is -0.578. The molecule has 1 atom stereocenters. The van der Waals surface area contributed by atoms with E-state index in [1.165, 1.54) is 5.06 Å². The maximum atomic E-state index is 12.0. The number of rotatable bonds is 2. The number of carbonyl (C=O) groups is 1. The second kappa shape index (κ2) is 3.21. The van der Waals surface area contributed by atoms with Crippen LogP contribution in [0, 0.1) is 6.07 Å². The lowest BCUT2D eigenvalue weighted by molar-refractivity contribution is 0.0710. The molecule has 4 rings (SSSR count). The molecule has 1 unspecified atom stereocenters. The zero-order valence-electron chi connectivity index (χ0n) is 9.59. The largest absolute Gasteiger partial charge is 0.281 e. The molecule has 0 bridgehead atoms. The summed E-state index contributed by atoms with van der Waals surface area (Å²) in [4.78, 5) is 17.6. The van der Waals surface area contributed by atoms with Gasteiger partial charge in [0.05, 0.1) is 5.56 Å². The Bertz CT molecular complexity index is 638. The van der Waals surface area contributed by atoms with Gasteiger partial charge < -0.3 is 0 Å². The molecule has 2 aromatic carbocycles. The first-order chi connectivity index (χ1) is 8.81. The quantitative estimate of drug-likeness (QED) is 0.749. The summed E-state index contributed by atoms with van der Waals surface area (Å²) in [6, 6.07) is 18.6. The molecule has 0 aromatic heterocycles. The SMILES string of the molecule is O=C1c2ccccc2C2(Cc3[c]cccc3)ON12. The lowest BCUT2D eigenvalue weighted by atomic mass is 9.96. The molecule has 0 saturated carbocycles. The summed E-state index contributed by atoms with van der Waals surface area (Å²) in [5.41, 5.74) is 2.18. The Morgan fingerprint density at radius 2 is 2.00 bits per heavy atom. The molecule has 2 aliphatic rings. The minimum absolute atomic E-state index is 0.0402. The number of benzene rings is 2. The minimum Gasteiger partial charge on any atom is -0.267 e. The highest BCUT2D eigenvalue weighted by molar-refractivity contribution is 6.00. The summed E-state index contributed by atoms with van der Waals surface area (Å²) in [5, 5.41) is 1.47. The Morgan fingerprint density at radius 1 is 1.17 bits per heavy atom. The van der Waals surface area contributed by atoms with Crippen LogP contribution in [0.15, 0.2) is 48.5 Å². The van der Waals surface area contributed by atoms with Gasteiger partial charge in [0.1, 0.15) is 0 Å². The van der Waals surface area contributed by atoms with Crippen LogP contribution in [0.2, 0.25) is 0 Å². The van der Waals surface area contributed by atoms with Gasteiger partial charge in [-0.15, -0.1) is 0 Å². The number of fused-ring (bicyclic) bond motifs is 3. The number of amides is 1. The molecule has 87 valence electrons. The van der Waals surface area contributed by atoms with Crippen molar-refractivity contribution >= 4 is 5.91 Å². The van der Waals surface area contributed by atoms with E-state index in [9.17, 15) is 4.79 Å². The van der Waals surface area contributed by atoms with Crippen LogP contribution >= 0.6 is 0 Å². The van der Waals surface area contributed by atoms with Crippen molar-refractivity contribution in [2.75, 3.05) is 0 Å². The van der Waals surface area contributed by atoms with Gasteiger partial charge in [-0.1, -0.05) is 42.5 Å². The van der Waals surface area contributed by atoms with Crippen molar-refractivity contribution < 1.29 is 9.63 Å². The molecule has 1 fully saturated rings. The monoisotopic (exact) mass is 236 g/mol. The molecule has 0 spiro atoms. The van der Waals surface area contributed by atoms with Gasteiger partial charge in [0.25, 0.3) is 5.91 Å². The van der Waals surface area contributed by atoms with Gasteiger partial charge in [0.2, 0.25) is 5.72 Å². The van der Waals surface area contributed by atoms with Gasteiger partial charge in [-0.25, -0.2) is 4.84 Å². The number of hydrogen-bond donors (Lipinski definition) is 0. The average Bonchev–Trinajstić information content (AvgIpc) is 3.09. The van der Waals surface area contributed by atoms with Crippen molar-refractivity contribution in [1.29, 1.82) is 0 Å². The van der Waals surface area contributed by atoms with Crippen LogP contribution < -0.4 is 0 Å². The number of carbonyl (C=O) groups excluding carboxylic acids is 1. The van der Waals surface area contributed by atoms with Crippen molar-refractivity contribution in [3.8, 4) is 0 Å². The summed E-state index contributed by atoms with van der Waals surface area (Å²) in [7, 11) is 0. The summed E-state index contributed by atoms with van der Waals surface area (Å²) in [5.74, 6) is -0.0402. The van der Waals surface area contributed by atoms with Gasteiger partial charge in [-0.2, -0.15) is 5.06 Å². The molecule has 0 N–H and O–H groups in total. The van der Waals surface area contributed by atoms with Gasteiger partial charge in [0, 0.05) is 12.0 Å². The highest BCUT2D eigenvalue weighted by Crippen LogP contribution is 2.54. The molecule has 1 radical (unpaired) electrons. The van der Waals surface area contributed by atoms with Gasteiger partial charge in [-0.05, 0) is 17.7 Å². The summed E-state index contributed by atoms with van der Waals surface area (Å²) in [6.45, 7) is 0. The van der Waals surface area contributed by atoms with Crippen LogP contribution in [0.5, 0.6) is 0 Å². The second-order valence-corrected chi connectivity index (χ2v) is 4.59. The number of nitrogens with zero attached hydrogens (tertiary/aromatic N) is 1. The van der Waals surface area contributed by atoms with Gasteiger partial charge >= 0.3 is 0 Å². The predicted octanol–water partition coefficient (Wildman–Crippen LogP) is 2.28. The molecule has 0 aliphatic carbocycles. The molecular formula is C15H10NO2. The van der Waals surface area contributed by atoms with E-state index in [2.05, 4.69) is 6.07 Å². The Labute approximate surface area is 105 Å². The normalized spacial score (nSPS) is 23.8. The van der Waals surface area contributed by atoms with Crippen molar-refractivity contribution in [1.82, 2.24) is 5.06 Å². The highest BCUT2D eigenvalue weighted by Gasteiger charge is 2.66. The Morgan fingerprint density at radius 3 is 2.83 bits per heavy atom. The van der Waals surface area contributed by atoms with Gasteiger partial charge in [-0.3, -0.25) is 4.79 Å². The lowest BCUT2D eigenvalue weighted by Gasteiger charge is -2.07. The van der Waals surface area contributed by atoms with Crippen LogP contribution in [-0.4, -0.2) is 11.0 Å². The zero-order chi connectivity index (χ0) is 12.2. The van der Waals surface area contributed by atoms with E-state index in [0.717, 1.165) is 16.7 Å². The average molecular weight is 236 g/mol. The maximum absolute atomic E-state index is 12.0. The van der Waals surface area contributed by atoms with Gasteiger partial charge in [0.15, 0.2) is 0 Å². The first-order valence-corrected chi connectivity index (χ1v) is 5.90. The van der Waals surface area contributed by atoms with Crippen LogP contribution in [0.3, 0.4) is 0 Å². The maximum Gasteiger partial charge on any atom is 0.281 e. The fourth-order valence-corrected chi connectivity index (χ4v) is 2.61. The highest BCUT2D eigenvalue weighted by atomic mass is 16.9. The van der Waals surface area contributed by atoms with E-state index in [1.54, 1.807) is 0 Å². The van der Waals surface area contributed by atoms with Crippen LogP contribution in [-0.2, 0) is 17.0 Å². The number of hydroxylamine groups is 2. The lowest BCUT2D eigenvalue weighted by Crippen LogP contribution is -2.14. The Hall–Kier alpha value is -2.13. The molecule has 1 saturated heterocycles. The third kappa shape index (κ3) is 1.14. The molecule has 18 heavy (non-hydrogen) atoms. The molecule has 3 heteroatoms. The first kappa shape index (κ1) is 9.85. The number of hydrogen-bond acceptors (Lipinski definition) is 2. The fourth-order valence-electron chi connectivity index (χ4n) is 2.61. The molecule has 1 amide bonds. The van der Waals surface area contributed by atoms with Crippen molar-refractivity contribution in [2.24, 2.45) is 0 Å². The van der Waals surface area contributed by atoms with Crippen LogP contribution in [0.25, 0.3) is 0 Å². The summed E-state index contributed by atoms with van der Waals surface area (Å²) in [6.07, 6.45) is 0.649. The third-order valence-electron chi connectivity index (χ3n) is 3.50. The van der Waals surface area contributed by atoms with E-state index in [0.29, 0.717) is 6.42 Å². The molecule has 2 aliphatic heterocycles. The molecule has 3 nitrogen and oxygen atoms in total. The topological polar surface area (TPSA) is 32.6 Å². The molecular weight excluding hydrogens is 226 g/mol. The molecule has 2 heterocycles. The van der Waals surface area contributed by atoms with E-state index in [-0.39, 0.29) is 5.91 Å². The second-order valence-electron chi connectivity index (χ2n) is 4.59. The fraction of sp³-hybridized carbons (Fsp3) is 0.133. The van der Waals surface area contributed by atoms with Crippen LogP contribution in [0.4, 0.5) is 0 Å². The van der Waals surface area contributed by atoms with Crippen molar-refractivity contribution in [2.45, 2.75) is 12.1 Å². The zero-order valence-corrected chi connectivity index (χ0v) is 9.59.